The molecule has 20 heavy (non-hydrogen) atoms. The minimum atomic E-state index is -0.599. The maximum absolute atomic E-state index is 12.4. The summed E-state index contributed by atoms with van der Waals surface area (Å²) in [6, 6.07) is 1.82. The molecule has 0 aliphatic carbocycles. The van der Waals surface area contributed by atoms with Crippen molar-refractivity contribution in [1.29, 1.82) is 0 Å². The zero-order valence-corrected chi connectivity index (χ0v) is 13.2. The molecular formula is C15H21NO3S. The number of carbonyl (C=O) groups is 1. The van der Waals surface area contributed by atoms with Crippen LogP contribution in [0.3, 0.4) is 0 Å². The van der Waals surface area contributed by atoms with E-state index in [2.05, 4.69) is 11.8 Å². The third-order valence-electron chi connectivity index (χ3n) is 3.17. The summed E-state index contributed by atoms with van der Waals surface area (Å²) in [6.45, 7) is 5.48. The maximum Gasteiger partial charge on any atom is 0.264 e. The van der Waals surface area contributed by atoms with Crippen LogP contribution in [-0.2, 0) is 0 Å². The van der Waals surface area contributed by atoms with E-state index in [1.54, 1.807) is 11.9 Å². The number of carbonyl (C=O) groups excluding carboxylic acids is 1. The summed E-state index contributed by atoms with van der Waals surface area (Å²) in [5.74, 6) is 5.71. The topological polar surface area (TPSA) is 60.8 Å². The van der Waals surface area contributed by atoms with Gasteiger partial charge in [-0.2, -0.15) is 0 Å². The summed E-state index contributed by atoms with van der Waals surface area (Å²) in [6.07, 6.45) is 0.429. The van der Waals surface area contributed by atoms with Crippen molar-refractivity contribution in [1.82, 2.24) is 4.90 Å². The van der Waals surface area contributed by atoms with E-state index in [4.69, 9.17) is 5.11 Å². The predicted molar refractivity (Wildman–Crippen MR) is 80.9 cm³/mol. The molecule has 0 radical (unpaired) electrons. The average Bonchev–Trinajstić information content (AvgIpc) is 2.79. The Labute approximate surface area is 124 Å². The number of hydrogen-bond acceptors (Lipinski definition) is 4. The van der Waals surface area contributed by atoms with Crippen molar-refractivity contribution in [2.45, 2.75) is 32.7 Å². The van der Waals surface area contributed by atoms with E-state index >= 15 is 0 Å². The Morgan fingerprint density at radius 1 is 1.45 bits per heavy atom. The highest BCUT2D eigenvalue weighted by Gasteiger charge is 2.28. The van der Waals surface area contributed by atoms with Crippen LogP contribution in [0.25, 0.3) is 0 Å². The van der Waals surface area contributed by atoms with E-state index in [9.17, 15) is 9.90 Å². The van der Waals surface area contributed by atoms with Crippen molar-refractivity contribution in [3.63, 3.8) is 0 Å². The summed E-state index contributed by atoms with van der Waals surface area (Å²) in [5, 5.41) is 18.0. The zero-order valence-electron chi connectivity index (χ0n) is 12.4. The van der Waals surface area contributed by atoms with Gasteiger partial charge in [-0.15, -0.1) is 11.3 Å². The van der Waals surface area contributed by atoms with Crippen LogP contribution >= 0.6 is 11.3 Å². The minimum Gasteiger partial charge on any atom is -0.395 e. The standard InChI is InChI=1S/C15H21NO3S/c1-11-9-13(20-12(11)7-5-6-8-17)14(19)16(4)15(2,3)10-18/h9,17-18H,6,8,10H2,1-4H3. The van der Waals surface area contributed by atoms with Gasteiger partial charge in [0.1, 0.15) is 0 Å². The van der Waals surface area contributed by atoms with E-state index in [0.29, 0.717) is 11.3 Å². The Hall–Kier alpha value is -1.35. The van der Waals surface area contributed by atoms with Gasteiger partial charge in [-0.3, -0.25) is 4.79 Å². The van der Waals surface area contributed by atoms with Gasteiger partial charge in [-0.05, 0) is 32.4 Å². The van der Waals surface area contributed by atoms with Crippen LogP contribution in [0.15, 0.2) is 6.07 Å². The number of rotatable bonds is 4. The van der Waals surface area contributed by atoms with Gasteiger partial charge in [0.05, 0.1) is 28.5 Å². The second-order valence-corrected chi connectivity index (χ2v) is 6.29. The maximum atomic E-state index is 12.4. The third-order valence-corrected chi connectivity index (χ3v) is 4.31. The van der Waals surface area contributed by atoms with E-state index in [0.717, 1.165) is 10.4 Å². The molecule has 5 heteroatoms. The first-order chi connectivity index (χ1) is 9.33. The SMILES string of the molecule is Cc1cc(C(=O)N(C)C(C)(C)CO)sc1C#CCCO. The Kier molecular flexibility index (Phi) is 5.75. The van der Waals surface area contributed by atoms with Gasteiger partial charge in [-0.25, -0.2) is 0 Å². The molecule has 1 aromatic heterocycles. The second-order valence-electron chi connectivity index (χ2n) is 5.23. The number of aliphatic hydroxyl groups excluding tert-OH is 2. The molecule has 0 unspecified atom stereocenters. The molecule has 0 aliphatic rings. The lowest BCUT2D eigenvalue weighted by molar-refractivity contribution is 0.0478. The molecular weight excluding hydrogens is 274 g/mol. The van der Waals surface area contributed by atoms with Crippen LogP contribution in [0.1, 0.15) is 40.4 Å². The van der Waals surface area contributed by atoms with Gasteiger partial charge in [0.25, 0.3) is 5.91 Å². The molecule has 1 rings (SSSR count). The molecule has 2 N–H and O–H groups in total. The molecule has 1 heterocycles. The molecule has 4 nitrogen and oxygen atoms in total. The number of thiophene rings is 1. The van der Waals surface area contributed by atoms with Crippen LogP contribution in [0, 0.1) is 18.8 Å². The summed E-state index contributed by atoms with van der Waals surface area (Å²) in [5.41, 5.74) is 0.358. The summed E-state index contributed by atoms with van der Waals surface area (Å²) in [7, 11) is 1.69. The fraction of sp³-hybridized carbons (Fsp3) is 0.533. The van der Waals surface area contributed by atoms with Crippen LogP contribution in [0.5, 0.6) is 0 Å². The van der Waals surface area contributed by atoms with Gasteiger partial charge in [0.15, 0.2) is 0 Å². The molecule has 0 aromatic carbocycles. The Morgan fingerprint density at radius 3 is 2.65 bits per heavy atom. The third kappa shape index (κ3) is 3.83. The monoisotopic (exact) mass is 295 g/mol. The number of likely N-dealkylation sites (N-methyl/N-ethyl adjacent to an activating group) is 1. The fourth-order valence-electron chi connectivity index (χ4n) is 1.46. The van der Waals surface area contributed by atoms with Crippen molar-refractivity contribution >= 4 is 17.2 Å². The lowest BCUT2D eigenvalue weighted by Gasteiger charge is -2.33. The van der Waals surface area contributed by atoms with Crippen molar-refractivity contribution < 1.29 is 15.0 Å². The van der Waals surface area contributed by atoms with Crippen molar-refractivity contribution in [2.24, 2.45) is 0 Å². The first-order valence-electron chi connectivity index (χ1n) is 6.42. The molecule has 0 spiro atoms. The summed E-state index contributed by atoms with van der Waals surface area (Å²) < 4.78 is 0. The summed E-state index contributed by atoms with van der Waals surface area (Å²) in [4.78, 5) is 15.4. The van der Waals surface area contributed by atoms with E-state index in [-0.39, 0.29) is 19.1 Å². The molecule has 110 valence electrons. The molecule has 0 saturated heterocycles. The quantitative estimate of drug-likeness (QED) is 0.830. The Morgan fingerprint density at radius 2 is 2.10 bits per heavy atom. The number of nitrogens with zero attached hydrogens (tertiary/aromatic N) is 1. The van der Waals surface area contributed by atoms with Crippen molar-refractivity contribution in [2.75, 3.05) is 20.3 Å². The number of hydrogen-bond donors (Lipinski definition) is 2. The molecule has 1 aromatic rings. The molecule has 0 bridgehead atoms. The number of aliphatic hydroxyl groups is 2. The van der Waals surface area contributed by atoms with Crippen LogP contribution < -0.4 is 0 Å². The smallest absolute Gasteiger partial charge is 0.264 e. The van der Waals surface area contributed by atoms with Crippen LogP contribution in [0.4, 0.5) is 0 Å². The molecule has 0 fully saturated rings. The highest BCUT2D eigenvalue weighted by Crippen LogP contribution is 2.24. The highest BCUT2D eigenvalue weighted by molar-refractivity contribution is 7.14. The lowest BCUT2D eigenvalue weighted by atomic mass is 10.1. The lowest BCUT2D eigenvalue weighted by Crippen LogP contribution is -2.47. The first kappa shape index (κ1) is 16.7. The molecule has 0 atom stereocenters. The average molecular weight is 295 g/mol. The van der Waals surface area contributed by atoms with E-state index in [1.165, 1.54) is 11.3 Å². The van der Waals surface area contributed by atoms with E-state index < -0.39 is 5.54 Å². The van der Waals surface area contributed by atoms with Crippen molar-refractivity contribution in [3.05, 3.63) is 21.4 Å². The fourth-order valence-corrected chi connectivity index (χ4v) is 2.48. The Balaban J connectivity index is 2.97. The van der Waals surface area contributed by atoms with Gasteiger partial charge in [0.2, 0.25) is 0 Å². The van der Waals surface area contributed by atoms with Gasteiger partial charge < -0.3 is 15.1 Å². The number of amides is 1. The largest absolute Gasteiger partial charge is 0.395 e. The number of aryl methyl sites for hydroxylation is 1. The van der Waals surface area contributed by atoms with Crippen LogP contribution in [0.2, 0.25) is 0 Å². The molecule has 1 amide bonds. The van der Waals surface area contributed by atoms with Crippen LogP contribution in [-0.4, -0.2) is 46.8 Å². The Bertz CT molecular complexity index is 537. The summed E-state index contributed by atoms with van der Waals surface area (Å²) >= 11 is 1.34. The molecule has 0 saturated carbocycles. The minimum absolute atomic E-state index is 0.0383. The second kappa shape index (κ2) is 6.89. The van der Waals surface area contributed by atoms with Gasteiger partial charge in [-0.1, -0.05) is 11.8 Å². The first-order valence-corrected chi connectivity index (χ1v) is 7.24. The van der Waals surface area contributed by atoms with Gasteiger partial charge in [0, 0.05) is 13.5 Å². The highest BCUT2D eigenvalue weighted by atomic mass is 32.1. The zero-order chi connectivity index (χ0) is 15.3. The van der Waals surface area contributed by atoms with E-state index in [1.807, 2.05) is 26.8 Å². The van der Waals surface area contributed by atoms with Gasteiger partial charge >= 0.3 is 0 Å². The molecule has 0 aliphatic heterocycles. The van der Waals surface area contributed by atoms with Crippen molar-refractivity contribution in [3.8, 4) is 11.8 Å². The predicted octanol–water partition coefficient (Wildman–Crippen LogP) is 1.63. The normalized spacial score (nSPS) is 10.9.